The zero-order valence-corrected chi connectivity index (χ0v) is 68.6. The number of esters is 9. The van der Waals surface area contributed by atoms with Crippen LogP contribution in [0.15, 0.2) is 222 Å². The minimum absolute atomic E-state index is 0.135. The van der Waals surface area contributed by atoms with Crippen LogP contribution in [0.3, 0.4) is 0 Å². The van der Waals surface area contributed by atoms with E-state index in [0.717, 1.165) is 179 Å². The monoisotopic (exact) mass is 1660 g/mol. The van der Waals surface area contributed by atoms with E-state index in [0.29, 0.717) is 128 Å². The largest absolute Gasteiger partial charge is 0.508 e. The van der Waals surface area contributed by atoms with Gasteiger partial charge < -0.3 is 71.8 Å². The fraction of sp³-hybridized carbons (Fsp3) is 0.312. The first-order valence-corrected chi connectivity index (χ1v) is 40.2. The van der Waals surface area contributed by atoms with Gasteiger partial charge in [0.1, 0.15) is 34.5 Å². The van der Waals surface area contributed by atoms with Crippen molar-refractivity contribution < 1.29 is 120 Å². The van der Waals surface area contributed by atoms with Crippen LogP contribution < -0.4 is 42.6 Å². The van der Waals surface area contributed by atoms with Gasteiger partial charge in [-0.15, -0.1) is 0 Å². The number of unbranched alkanes of at least 4 members (excludes halogenated alkanes) is 12. The lowest BCUT2D eigenvalue weighted by molar-refractivity contribution is -0.138. The Labute approximate surface area is 705 Å². The highest BCUT2D eigenvalue weighted by Gasteiger charge is 2.20. The average Bonchev–Trinajstić information content (AvgIpc) is 0.815. The number of aromatic hydroxyl groups is 1. The topological polar surface area (TPSA) is 331 Å². The number of ether oxygens (including phenoxy) is 13. The van der Waals surface area contributed by atoms with E-state index in [1.165, 1.54) is 18.2 Å². The number of phenolic OH excluding ortho intramolecular Hbond substituents is 1. The van der Waals surface area contributed by atoms with Gasteiger partial charge in [0.25, 0.3) is 0 Å². The number of phenols is 1. The lowest BCUT2D eigenvalue weighted by atomic mass is 10.1. The first kappa shape index (κ1) is 96.3. The summed E-state index contributed by atoms with van der Waals surface area (Å²) in [4.78, 5) is 118. The Morgan fingerprint density at radius 3 is 0.950 bits per heavy atom. The molecule has 640 valence electrons. The highest BCUT2D eigenvalue weighted by Crippen LogP contribution is 2.34. The molecule has 0 unspecified atom stereocenters. The second-order valence-electron chi connectivity index (χ2n) is 27.1. The lowest BCUT2D eigenvalue weighted by Gasteiger charge is -2.15. The number of hydrogen-bond donors (Lipinski definition) is 2. The smallest absolute Gasteiger partial charge is 0.343 e. The predicted molar refractivity (Wildman–Crippen MR) is 457 cm³/mol. The van der Waals surface area contributed by atoms with Crippen LogP contribution in [0.4, 0.5) is 0 Å². The van der Waals surface area contributed by atoms with E-state index in [4.69, 9.17) is 61.6 Å². The average molecular weight is 1660 g/mol. The van der Waals surface area contributed by atoms with Gasteiger partial charge in [-0.25, -0.2) is 47.9 Å². The summed E-state index contributed by atoms with van der Waals surface area (Å²) in [5.74, 6) is -1.69. The van der Waals surface area contributed by atoms with E-state index < -0.39 is 59.7 Å². The summed E-state index contributed by atoms with van der Waals surface area (Å²) in [6.45, 7) is 27.3. The summed E-state index contributed by atoms with van der Waals surface area (Å²) < 4.78 is 71.1. The number of carboxylic acids is 1. The van der Waals surface area contributed by atoms with Gasteiger partial charge in [0, 0.05) is 36.5 Å². The van der Waals surface area contributed by atoms with Crippen molar-refractivity contribution in [1.82, 2.24) is 0 Å². The van der Waals surface area contributed by atoms with Crippen molar-refractivity contribution >= 4 is 81.2 Å². The molecular formula is C96H106O25. The SMILES string of the molecule is C=CC(=O)OCCCCCCOc1ccc(C(=O)O)cc1OCCCCCCOC(=O)C=C.C=CC(=O)OCCCCCCOc1ccc(C(=O)Oc2ccc(OC(=O)c3ccc4cc(OC(=O)C=C)ccc4c3)c(CCC)c2)cc1OCCCCCCOC(=O)C=C.C=CC(=O)Oc1ccc2cc(C(=O)Oc3ccc(O)cc3CCC)ccc2c1. The summed E-state index contributed by atoms with van der Waals surface area (Å²) in [5.41, 5.74) is 2.59. The Balaban J connectivity index is 0.000000311. The third-order valence-electron chi connectivity index (χ3n) is 17.8. The summed E-state index contributed by atoms with van der Waals surface area (Å²) >= 11 is 0. The zero-order valence-electron chi connectivity index (χ0n) is 68.6. The van der Waals surface area contributed by atoms with Gasteiger partial charge in [-0.3, -0.25) is 0 Å². The van der Waals surface area contributed by atoms with Crippen LogP contribution in [0.2, 0.25) is 0 Å². The lowest BCUT2D eigenvalue weighted by Crippen LogP contribution is -2.12. The second-order valence-corrected chi connectivity index (χ2v) is 27.1. The number of rotatable bonds is 51. The predicted octanol–water partition coefficient (Wildman–Crippen LogP) is 19.2. The molecule has 0 heterocycles. The van der Waals surface area contributed by atoms with Crippen LogP contribution in [0.5, 0.6) is 57.5 Å². The van der Waals surface area contributed by atoms with E-state index in [1.54, 1.807) is 127 Å². The Morgan fingerprint density at radius 1 is 0.281 bits per heavy atom. The van der Waals surface area contributed by atoms with Crippen LogP contribution in [0, 0.1) is 0 Å². The minimum atomic E-state index is -1.03. The van der Waals surface area contributed by atoms with E-state index in [-0.39, 0.29) is 22.6 Å². The highest BCUT2D eigenvalue weighted by atomic mass is 16.6. The van der Waals surface area contributed by atoms with Gasteiger partial charge in [-0.05, 0) is 270 Å². The molecule has 0 spiro atoms. The molecule has 0 aromatic heterocycles. The Bertz CT molecular complexity index is 4860. The van der Waals surface area contributed by atoms with E-state index >= 15 is 0 Å². The molecule has 0 aliphatic heterocycles. The number of aryl methyl sites for hydroxylation is 2. The second kappa shape index (κ2) is 54.4. The molecule has 0 bridgehead atoms. The molecule has 8 aromatic rings. The minimum Gasteiger partial charge on any atom is -0.508 e. The Morgan fingerprint density at radius 2 is 0.570 bits per heavy atom. The quantitative estimate of drug-likeness (QED) is 0.0118. The summed E-state index contributed by atoms with van der Waals surface area (Å²) in [6.07, 6.45) is 22.7. The van der Waals surface area contributed by atoms with Crippen molar-refractivity contribution in [1.29, 1.82) is 0 Å². The first-order valence-electron chi connectivity index (χ1n) is 40.2. The maximum Gasteiger partial charge on any atom is 0.343 e. The number of aromatic carboxylic acids is 1. The van der Waals surface area contributed by atoms with Crippen molar-refractivity contribution in [2.75, 3.05) is 52.9 Å². The molecular weight excluding hydrogens is 1550 g/mol. The van der Waals surface area contributed by atoms with Gasteiger partial charge in [0.05, 0.1) is 75.1 Å². The summed E-state index contributed by atoms with van der Waals surface area (Å²) in [7, 11) is 0. The molecule has 8 rings (SSSR count). The molecule has 0 fully saturated rings. The number of carbonyl (C=O) groups is 10. The molecule has 0 saturated heterocycles. The van der Waals surface area contributed by atoms with Crippen LogP contribution in [-0.4, -0.2) is 123 Å². The van der Waals surface area contributed by atoms with Crippen LogP contribution in [-0.2, 0) is 60.6 Å². The number of benzene rings is 8. The fourth-order valence-electron chi connectivity index (χ4n) is 11.6. The van der Waals surface area contributed by atoms with Gasteiger partial charge in [0.15, 0.2) is 23.0 Å². The standard InChI is InChI=1S/C48H52O12.C25H34O8.C23H20O5/c1-5-17-36-32-40(23-25-41(36)60-48(53)37-19-18-35-31-39(58-46(51)8-4)22-20-34(35)30-37)59-47(52)38-21-24-42(54-26-13-9-11-15-28-56-44(49)6-2)43(33-38)55-27-14-10-12-16-29-57-45(50)7-3;1-3-23(26)32-17-11-7-5-9-15-30-21-14-13-20(25(28)29)19-22(21)31-16-10-6-8-12-18-33-24(27)4-2;1-3-5-17-13-19(24)9-11-21(17)28-23(26)18-7-6-16-14-20(27-22(25)4-2)10-8-15(16)12-18/h6-8,18-25,30-33H,2-5,9-17,26-29H2,1H3;3-4,13-14,19H,1-2,5-12,15-18H2,(H,28,29);4,6-14,24H,2-3,5H2,1H3. The van der Waals surface area contributed by atoms with E-state index in [9.17, 15) is 58.2 Å². The van der Waals surface area contributed by atoms with Gasteiger partial charge in [-0.1, -0.05) is 90.4 Å². The highest BCUT2D eigenvalue weighted by molar-refractivity contribution is 5.99. The number of fused-ring (bicyclic) bond motifs is 2. The van der Waals surface area contributed by atoms with Gasteiger partial charge in [-0.2, -0.15) is 0 Å². The van der Waals surface area contributed by atoms with Gasteiger partial charge >= 0.3 is 59.7 Å². The van der Waals surface area contributed by atoms with Crippen molar-refractivity contribution in [3.63, 3.8) is 0 Å². The molecule has 25 heteroatoms. The van der Waals surface area contributed by atoms with E-state index in [1.807, 2.05) is 13.8 Å². The van der Waals surface area contributed by atoms with Crippen molar-refractivity contribution in [3.05, 3.63) is 255 Å². The molecule has 0 atom stereocenters. The van der Waals surface area contributed by atoms with Crippen LogP contribution in [0.25, 0.3) is 21.5 Å². The maximum absolute atomic E-state index is 13.5. The maximum atomic E-state index is 13.5. The molecule has 0 saturated carbocycles. The molecule has 0 aliphatic carbocycles. The third kappa shape index (κ3) is 35.6. The molecule has 0 radical (unpaired) electrons. The summed E-state index contributed by atoms with van der Waals surface area (Å²) in [6, 6.07) is 39.5. The molecule has 121 heavy (non-hydrogen) atoms. The molecule has 2 N–H and O–H groups in total. The number of hydrogen-bond acceptors (Lipinski definition) is 24. The zero-order chi connectivity index (χ0) is 87.5. The summed E-state index contributed by atoms with van der Waals surface area (Å²) in [5, 5.41) is 22.0. The van der Waals surface area contributed by atoms with Crippen molar-refractivity contribution in [2.24, 2.45) is 0 Å². The van der Waals surface area contributed by atoms with E-state index in [2.05, 4.69) is 39.5 Å². The molecule has 0 aliphatic rings. The number of carbonyl (C=O) groups excluding carboxylic acids is 9. The molecule has 0 amide bonds. The Kier molecular flexibility index (Phi) is 43.3. The van der Waals surface area contributed by atoms with Gasteiger partial charge in [0.2, 0.25) is 0 Å². The van der Waals surface area contributed by atoms with Crippen LogP contribution in [0.1, 0.15) is 182 Å². The first-order chi connectivity index (χ1) is 58.6. The molecule has 25 nitrogen and oxygen atoms in total. The normalized spacial score (nSPS) is 10.4. The van der Waals surface area contributed by atoms with Crippen molar-refractivity contribution in [3.8, 4) is 57.5 Å². The fourth-order valence-corrected chi connectivity index (χ4v) is 11.6. The third-order valence-corrected chi connectivity index (χ3v) is 17.8. The van der Waals surface area contributed by atoms with Crippen molar-refractivity contribution in [2.45, 2.75) is 142 Å². The van der Waals surface area contributed by atoms with Crippen LogP contribution >= 0.6 is 0 Å². The molecule has 8 aromatic carbocycles. The number of carboxylic acid groups (broad SMARTS) is 1. The Hall–Kier alpha value is -13.6.